The minimum Gasteiger partial charge on any atom is -0.497 e. The lowest BCUT2D eigenvalue weighted by atomic mass is 9.81. The number of rotatable bonds is 2. The average Bonchev–Trinajstić information content (AvgIpc) is 2.74. The summed E-state index contributed by atoms with van der Waals surface area (Å²) in [5.74, 6) is 1.26. The Balaban J connectivity index is 2.04. The molecule has 4 nitrogen and oxygen atoms in total. The third-order valence-electron chi connectivity index (χ3n) is 5.88. The Hall–Kier alpha value is -3.66. The molecule has 134 valence electrons. The highest BCUT2D eigenvalue weighted by Crippen LogP contribution is 2.46. The topological polar surface area (TPSA) is 52.6 Å². The van der Waals surface area contributed by atoms with Crippen LogP contribution in [0.5, 0.6) is 11.5 Å². The van der Waals surface area contributed by atoms with Gasteiger partial charge in [-0.2, -0.15) is 0 Å². The Morgan fingerprint density at radius 2 is 1.00 bits per heavy atom. The summed E-state index contributed by atoms with van der Waals surface area (Å²) in [6.07, 6.45) is 0. The van der Waals surface area contributed by atoms with Crippen LogP contribution in [-0.4, -0.2) is 14.2 Å². The molecule has 28 heavy (non-hydrogen) atoms. The largest absolute Gasteiger partial charge is 0.497 e. The van der Waals surface area contributed by atoms with E-state index < -0.39 is 0 Å². The second-order valence-electron chi connectivity index (χ2n) is 7.18. The first-order chi connectivity index (χ1) is 13.6. The molecular weight excluding hydrogens is 352 g/mol. The fourth-order valence-electron chi connectivity index (χ4n) is 4.66. The van der Waals surface area contributed by atoms with E-state index in [0.717, 1.165) is 32.7 Å². The lowest BCUT2D eigenvalue weighted by Gasteiger charge is -2.21. The predicted octanol–water partition coefficient (Wildman–Crippen LogP) is 4.46. The zero-order valence-electron chi connectivity index (χ0n) is 15.3. The maximum absolute atomic E-state index is 13.4. The molecule has 0 unspecified atom stereocenters. The van der Waals surface area contributed by atoms with Gasteiger partial charge >= 0.3 is 0 Å². The summed E-state index contributed by atoms with van der Waals surface area (Å²) in [6.45, 7) is 0. The predicted molar refractivity (Wildman–Crippen MR) is 112 cm³/mol. The molecule has 0 saturated heterocycles. The molecule has 2 aliphatic rings. The van der Waals surface area contributed by atoms with Gasteiger partial charge in [-0.25, -0.2) is 0 Å². The number of hydrogen-bond donors (Lipinski definition) is 0. The highest BCUT2D eigenvalue weighted by molar-refractivity contribution is 6.28. The maximum atomic E-state index is 13.4. The zero-order valence-corrected chi connectivity index (χ0v) is 15.3. The van der Waals surface area contributed by atoms with E-state index in [1.807, 2.05) is 36.4 Å². The van der Waals surface area contributed by atoms with E-state index in [-0.39, 0.29) is 10.9 Å². The molecule has 0 radical (unpaired) electrons. The summed E-state index contributed by atoms with van der Waals surface area (Å²) in [7, 11) is 3.18. The second-order valence-corrected chi connectivity index (χ2v) is 7.18. The fraction of sp³-hybridized carbons (Fsp3) is 0.0833. The van der Waals surface area contributed by atoms with Crippen molar-refractivity contribution in [3.05, 3.63) is 69.0 Å². The van der Waals surface area contributed by atoms with Gasteiger partial charge in [-0.15, -0.1) is 0 Å². The van der Waals surface area contributed by atoms with Crippen molar-refractivity contribution in [2.75, 3.05) is 14.2 Å². The van der Waals surface area contributed by atoms with Gasteiger partial charge in [0.2, 0.25) is 0 Å². The maximum Gasteiger partial charge on any atom is 0.194 e. The molecule has 0 aromatic heterocycles. The monoisotopic (exact) mass is 366 g/mol. The van der Waals surface area contributed by atoms with E-state index >= 15 is 0 Å². The molecule has 0 atom stereocenters. The van der Waals surface area contributed by atoms with Crippen molar-refractivity contribution in [3.8, 4) is 22.6 Å². The molecular formula is C24H14O4. The van der Waals surface area contributed by atoms with Crippen LogP contribution in [0.25, 0.3) is 54.2 Å². The molecule has 0 saturated carbocycles. The van der Waals surface area contributed by atoms with E-state index in [2.05, 4.69) is 0 Å². The molecule has 4 aromatic rings. The van der Waals surface area contributed by atoms with Crippen LogP contribution in [0.2, 0.25) is 0 Å². The van der Waals surface area contributed by atoms with Crippen molar-refractivity contribution in [1.29, 1.82) is 0 Å². The normalized spacial score (nSPS) is 12.2. The Labute approximate surface area is 158 Å². The van der Waals surface area contributed by atoms with Crippen LogP contribution >= 0.6 is 0 Å². The van der Waals surface area contributed by atoms with Crippen molar-refractivity contribution >= 4 is 43.1 Å². The molecule has 2 aliphatic carbocycles. The summed E-state index contributed by atoms with van der Waals surface area (Å²) in [4.78, 5) is 26.8. The van der Waals surface area contributed by atoms with Crippen LogP contribution in [0.3, 0.4) is 0 Å². The highest BCUT2D eigenvalue weighted by Gasteiger charge is 2.26. The first-order valence-corrected chi connectivity index (χ1v) is 9.01. The van der Waals surface area contributed by atoms with Crippen LogP contribution in [0, 0.1) is 0 Å². The van der Waals surface area contributed by atoms with E-state index in [0.29, 0.717) is 33.0 Å². The van der Waals surface area contributed by atoms with Crippen molar-refractivity contribution < 1.29 is 9.47 Å². The number of hydrogen-bond acceptors (Lipinski definition) is 4. The third kappa shape index (κ3) is 1.66. The lowest BCUT2D eigenvalue weighted by molar-refractivity contribution is 0.415. The van der Waals surface area contributed by atoms with Gasteiger partial charge in [-0.05, 0) is 47.2 Å². The van der Waals surface area contributed by atoms with E-state index in [1.54, 1.807) is 26.4 Å². The van der Waals surface area contributed by atoms with Crippen molar-refractivity contribution in [1.82, 2.24) is 0 Å². The molecule has 0 fully saturated rings. The quantitative estimate of drug-likeness (QED) is 0.335. The minimum absolute atomic E-state index is 0.0402. The summed E-state index contributed by atoms with van der Waals surface area (Å²) in [5, 5.41) is 5.88. The molecule has 0 amide bonds. The number of methoxy groups -OCH3 is 2. The minimum atomic E-state index is -0.0402. The second kappa shape index (κ2) is 4.98. The Bertz CT molecular complexity index is 1490. The van der Waals surface area contributed by atoms with Crippen LogP contribution in [-0.2, 0) is 0 Å². The molecule has 4 aromatic carbocycles. The summed E-state index contributed by atoms with van der Waals surface area (Å²) in [5.41, 5.74) is 1.64. The van der Waals surface area contributed by atoms with Gasteiger partial charge in [-0.1, -0.05) is 12.1 Å². The number of benzene rings is 6. The van der Waals surface area contributed by atoms with E-state index in [1.165, 1.54) is 0 Å². The molecule has 6 rings (SSSR count). The summed E-state index contributed by atoms with van der Waals surface area (Å²) >= 11 is 0. The fourth-order valence-corrected chi connectivity index (χ4v) is 4.66. The van der Waals surface area contributed by atoms with Gasteiger partial charge in [0.25, 0.3) is 0 Å². The van der Waals surface area contributed by atoms with Crippen molar-refractivity contribution in [2.24, 2.45) is 0 Å². The van der Waals surface area contributed by atoms with E-state index in [4.69, 9.17) is 9.47 Å². The number of ether oxygens (including phenoxy) is 2. The summed E-state index contributed by atoms with van der Waals surface area (Å²) in [6, 6.07) is 14.8. The van der Waals surface area contributed by atoms with Gasteiger partial charge in [-0.3, -0.25) is 9.59 Å². The van der Waals surface area contributed by atoms with Crippen LogP contribution in [0.1, 0.15) is 0 Å². The Morgan fingerprint density at radius 3 is 1.39 bits per heavy atom. The van der Waals surface area contributed by atoms with Crippen molar-refractivity contribution in [2.45, 2.75) is 0 Å². The molecule has 4 heteroatoms. The SMILES string of the molecule is COc1cc2ccc3c4c2c(c1)c(=O)c1ccc2cc(OC)cc(c3=O)c2c1-4. The lowest BCUT2D eigenvalue weighted by Crippen LogP contribution is -2.13. The molecule has 0 heterocycles. The van der Waals surface area contributed by atoms with Gasteiger partial charge in [0.05, 0.1) is 14.2 Å². The van der Waals surface area contributed by atoms with E-state index in [9.17, 15) is 9.59 Å². The molecule has 0 bridgehead atoms. The first-order valence-electron chi connectivity index (χ1n) is 9.01. The Morgan fingerprint density at radius 1 is 0.571 bits per heavy atom. The van der Waals surface area contributed by atoms with Crippen LogP contribution < -0.4 is 20.3 Å². The molecule has 0 spiro atoms. The van der Waals surface area contributed by atoms with Crippen molar-refractivity contribution in [3.63, 3.8) is 0 Å². The summed E-state index contributed by atoms with van der Waals surface area (Å²) < 4.78 is 10.8. The highest BCUT2D eigenvalue weighted by atomic mass is 16.5. The van der Waals surface area contributed by atoms with Crippen LogP contribution in [0.15, 0.2) is 58.1 Å². The first kappa shape index (κ1) is 15.4. The molecule has 0 aliphatic heterocycles. The van der Waals surface area contributed by atoms with Gasteiger partial charge in [0, 0.05) is 43.4 Å². The van der Waals surface area contributed by atoms with Crippen LogP contribution in [0.4, 0.5) is 0 Å². The van der Waals surface area contributed by atoms with Gasteiger partial charge in [0.15, 0.2) is 10.9 Å². The average molecular weight is 366 g/mol. The van der Waals surface area contributed by atoms with Gasteiger partial charge < -0.3 is 9.47 Å². The Kier molecular flexibility index (Phi) is 2.74. The third-order valence-corrected chi connectivity index (χ3v) is 5.88. The molecule has 0 N–H and O–H groups in total. The standard InChI is InChI=1S/C24H14O4/c1-27-13-7-11-3-5-16-21-19(11)17(9-13)23(25)15-6-4-12-8-14(28-2)10-18(24(16)26)20(12)22(15)21/h3-10H,1-2H3. The smallest absolute Gasteiger partial charge is 0.194 e. The van der Waals surface area contributed by atoms with Gasteiger partial charge in [0.1, 0.15) is 11.5 Å². The zero-order chi connectivity index (χ0) is 19.2.